The summed E-state index contributed by atoms with van der Waals surface area (Å²) in [4.78, 5) is 12.0. The largest absolute Gasteiger partial charge is 0.497 e. The number of benzene rings is 5. The fourth-order valence-corrected chi connectivity index (χ4v) is 14.3. The lowest BCUT2D eigenvalue weighted by Gasteiger charge is -2.43. The summed E-state index contributed by atoms with van der Waals surface area (Å²) in [6.45, 7) is 8.76. The second kappa shape index (κ2) is 20.0. The van der Waals surface area contributed by atoms with Crippen LogP contribution in [0.25, 0.3) is 0 Å². The van der Waals surface area contributed by atoms with Gasteiger partial charge in [-0.1, -0.05) is 106 Å². The monoisotopic (exact) mass is 895 g/mol. The Morgan fingerprint density at radius 1 is 0.794 bits per heavy atom. The molecule has 334 valence electrons. The van der Waals surface area contributed by atoms with Gasteiger partial charge in [-0.2, -0.15) is 4.31 Å². The minimum atomic E-state index is -4.39. The maximum absolute atomic E-state index is 14.9. The Kier molecular flexibility index (Phi) is 14.5. The van der Waals surface area contributed by atoms with Gasteiger partial charge in [-0.05, 0) is 69.1 Å². The van der Waals surface area contributed by atoms with E-state index in [9.17, 15) is 18.5 Å². The molecule has 3 atom stereocenters. The molecule has 1 saturated carbocycles. The number of nitro benzene ring substituents is 1. The van der Waals surface area contributed by atoms with Crippen LogP contribution in [-0.2, 0) is 37.0 Å². The molecule has 1 N–H and O–H groups in total. The summed E-state index contributed by atoms with van der Waals surface area (Å²) in [6.07, 6.45) is 0.455. The molecule has 5 aromatic rings. The molecule has 0 spiro atoms. The summed E-state index contributed by atoms with van der Waals surface area (Å²) in [5.74, 6) is 1.56. The van der Waals surface area contributed by atoms with Gasteiger partial charge in [0.05, 0.1) is 56.6 Å². The van der Waals surface area contributed by atoms with Crippen molar-refractivity contribution in [2.45, 2.75) is 56.3 Å². The third-order valence-electron chi connectivity index (χ3n) is 11.8. The molecule has 1 aliphatic carbocycles. The van der Waals surface area contributed by atoms with Crippen molar-refractivity contribution in [3.63, 3.8) is 0 Å². The zero-order valence-corrected chi connectivity index (χ0v) is 38.3. The minimum Gasteiger partial charge on any atom is -0.497 e. The van der Waals surface area contributed by atoms with E-state index in [1.807, 2.05) is 12.1 Å². The van der Waals surface area contributed by atoms with E-state index in [0.29, 0.717) is 49.1 Å². The quantitative estimate of drug-likeness (QED) is 0.0473. The Labute approximate surface area is 371 Å². The Hall–Kier alpha value is -5.29. The topological polar surface area (TPSA) is 148 Å². The van der Waals surface area contributed by atoms with Crippen LogP contribution < -0.4 is 29.9 Å². The fourth-order valence-electron chi connectivity index (χ4n) is 8.18. The SMILES string of the molecule is COc1ccc(CN(Cc2ccc(OC)cc2)S(=O)(=O)c2cc(OC[C@H]3C[C@@H]3CO[Si](c3ccccc3)(c3ccccc3)C(C)(C)C)c(NC[C@H]3COCCO3)c([N+](=O)[O-])c2)cc1. The van der Waals surface area contributed by atoms with Gasteiger partial charge >= 0.3 is 0 Å². The number of rotatable bonds is 20. The highest BCUT2D eigenvalue weighted by Gasteiger charge is 2.52. The van der Waals surface area contributed by atoms with E-state index in [2.05, 4.69) is 74.6 Å². The van der Waals surface area contributed by atoms with Crippen LogP contribution in [0.2, 0.25) is 5.04 Å². The van der Waals surface area contributed by atoms with Gasteiger partial charge in [0.1, 0.15) is 11.5 Å². The molecule has 0 unspecified atom stereocenters. The molecule has 0 aromatic heterocycles. The molecule has 0 bridgehead atoms. The van der Waals surface area contributed by atoms with Crippen LogP contribution in [0, 0.1) is 22.0 Å². The number of nitrogens with zero attached hydrogens (tertiary/aromatic N) is 2. The van der Waals surface area contributed by atoms with Gasteiger partial charge in [0.2, 0.25) is 10.0 Å². The van der Waals surface area contributed by atoms with Crippen molar-refractivity contribution < 1.29 is 41.5 Å². The van der Waals surface area contributed by atoms with E-state index >= 15 is 0 Å². The van der Waals surface area contributed by atoms with E-state index in [1.54, 1.807) is 62.8 Å². The predicted molar refractivity (Wildman–Crippen MR) is 245 cm³/mol. The van der Waals surface area contributed by atoms with Crippen LogP contribution in [0.1, 0.15) is 38.3 Å². The first-order chi connectivity index (χ1) is 30.3. The van der Waals surface area contributed by atoms with Gasteiger partial charge in [-0.3, -0.25) is 10.1 Å². The van der Waals surface area contributed by atoms with Crippen LogP contribution in [-0.4, -0.2) is 85.9 Å². The molecular formula is C48H57N3O10SSi. The van der Waals surface area contributed by atoms with Crippen molar-refractivity contribution in [3.8, 4) is 17.2 Å². The van der Waals surface area contributed by atoms with Gasteiger partial charge in [-0.15, -0.1) is 0 Å². The highest BCUT2D eigenvalue weighted by molar-refractivity contribution is 7.89. The average molecular weight is 896 g/mol. The van der Waals surface area contributed by atoms with Crippen molar-refractivity contribution >= 4 is 40.1 Å². The predicted octanol–water partition coefficient (Wildman–Crippen LogP) is 7.42. The molecule has 7 rings (SSSR count). The van der Waals surface area contributed by atoms with Crippen molar-refractivity contribution in [2.75, 3.05) is 59.1 Å². The number of hydrogen-bond acceptors (Lipinski definition) is 11. The molecule has 2 fully saturated rings. The first-order valence-corrected chi connectivity index (χ1v) is 24.6. The van der Waals surface area contributed by atoms with E-state index in [-0.39, 0.29) is 65.6 Å². The molecule has 15 heteroatoms. The first kappa shape index (κ1) is 45.7. The lowest BCUT2D eigenvalue weighted by Crippen LogP contribution is -2.66. The third kappa shape index (κ3) is 10.7. The standard InChI is InChI=1S/C48H57N3O10SSi/c1-48(2,3)63(43-12-8-6-9-13-43,44-14-10-7-11-15-44)61-33-38-26-37(38)32-60-46-28-42(27-45(51(52)53)47(46)49-29-41-34-58-24-25-59-41)62(54,55)50(30-35-16-20-39(56-4)21-17-35)31-36-18-22-40(57-5)23-19-36/h6-23,27-28,37-38,41,49H,24-26,29-34H2,1-5H3/t37-,38-,41+/m1/s1. The zero-order valence-electron chi connectivity index (χ0n) is 36.5. The van der Waals surface area contributed by atoms with Gasteiger partial charge in [0.15, 0.2) is 11.4 Å². The Bertz CT molecular complexity index is 2310. The minimum absolute atomic E-state index is 0.0174. The van der Waals surface area contributed by atoms with E-state index in [4.69, 9.17) is 28.1 Å². The van der Waals surface area contributed by atoms with Gasteiger partial charge in [-0.25, -0.2) is 8.42 Å². The summed E-state index contributed by atoms with van der Waals surface area (Å²) in [5, 5.41) is 18.3. The van der Waals surface area contributed by atoms with Gasteiger partial charge < -0.3 is 33.4 Å². The number of nitro groups is 1. The summed E-state index contributed by atoms with van der Waals surface area (Å²) < 4.78 is 66.8. The highest BCUT2D eigenvalue weighted by atomic mass is 32.2. The smallest absolute Gasteiger partial charge is 0.297 e. The number of ether oxygens (including phenoxy) is 5. The zero-order chi connectivity index (χ0) is 44.6. The van der Waals surface area contributed by atoms with E-state index < -0.39 is 29.0 Å². The summed E-state index contributed by atoms with van der Waals surface area (Å²) in [6, 6.07) is 37.7. The summed E-state index contributed by atoms with van der Waals surface area (Å²) in [7, 11) is -4.05. The Morgan fingerprint density at radius 2 is 1.35 bits per heavy atom. The van der Waals surface area contributed by atoms with Gasteiger partial charge in [0, 0.05) is 38.4 Å². The number of nitrogens with one attached hydrogen (secondary N) is 1. The molecule has 63 heavy (non-hydrogen) atoms. The summed E-state index contributed by atoms with van der Waals surface area (Å²) in [5.41, 5.74) is 1.04. The maximum atomic E-state index is 14.9. The van der Waals surface area contributed by atoms with Crippen LogP contribution in [0.15, 0.2) is 126 Å². The van der Waals surface area contributed by atoms with Crippen LogP contribution in [0.4, 0.5) is 11.4 Å². The van der Waals surface area contributed by atoms with Crippen LogP contribution in [0.5, 0.6) is 17.2 Å². The maximum Gasteiger partial charge on any atom is 0.297 e. The summed E-state index contributed by atoms with van der Waals surface area (Å²) >= 11 is 0. The first-order valence-electron chi connectivity index (χ1n) is 21.2. The molecule has 13 nitrogen and oxygen atoms in total. The Balaban J connectivity index is 1.18. The molecule has 5 aromatic carbocycles. The number of sulfonamides is 1. The lowest BCUT2D eigenvalue weighted by molar-refractivity contribution is -0.384. The fraction of sp³-hybridized carbons (Fsp3) is 0.375. The molecule has 0 amide bonds. The van der Waals surface area contributed by atoms with Crippen molar-refractivity contribution in [1.29, 1.82) is 0 Å². The number of anilines is 1. The lowest BCUT2D eigenvalue weighted by atomic mass is 10.2. The van der Waals surface area contributed by atoms with Crippen molar-refractivity contribution in [2.24, 2.45) is 11.8 Å². The van der Waals surface area contributed by atoms with Crippen LogP contribution in [0.3, 0.4) is 0 Å². The Morgan fingerprint density at radius 3 is 1.84 bits per heavy atom. The number of methoxy groups -OCH3 is 2. The second-order valence-electron chi connectivity index (χ2n) is 17.0. The average Bonchev–Trinajstić information content (AvgIpc) is 4.06. The molecular weight excluding hydrogens is 839 g/mol. The third-order valence-corrected chi connectivity index (χ3v) is 18.5. The highest BCUT2D eigenvalue weighted by Crippen LogP contribution is 2.45. The van der Waals surface area contributed by atoms with Crippen LogP contribution >= 0.6 is 0 Å². The van der Waals surface area contributed by atoms with E-state index in [1.165, 1.54) is 20.7 Å². The molecule has 1 heterocycles. The molecule has 0 radical (unpaired) electrons. The second-order valence-corrected chi connectivity index (χ2v) is 23.3. The number of hydrogen-bond donors (Lipinski definition) is 1. The molecule has 1 saturated heterocycles. The molecule has 2 aliphatic rings. The van der Waals surface area contributed by atoms with Crippen molar-refractivity contribution in [3.05, 3.63) is 143 Å². The van der Waals surface area contributed by atoms with Crippen molar-refractivity contribution in [1.82, 2.24) is 4.31 Å². The van der Waals surface area contributed by atoms with Gasteiger partial charge in [0.25, 0.3) is 14.0 Å². The molecule has 1 aliphatic heterocycles. The normalized spacial score (nSPS) is 17.8. The van der Waals surface area contributed by atoms with E-state index in [0.717, 1.165) is 12.5 Å².